The van der Waals surface area contributed by atoms with Crippen LogP contribution < -0.4 is 0 Å². The molecule has 3 aliphatic rings. The van der Waals surface area contributed by atoms with E-state index in [0.717, 1.165) is 25.7 Å². The van der Waals surface area contributed by atoms with Crippen LogP contribution in [0, 0.1) is 11.8 Å². The first-order valence-electron chi connectivity index (χ1n) is 10.4. The van der Waals surface area contributed by atoms with Crippen molar-refractivity contribution in [2.24, 2.45) is 11.8 Å². The van der Waals surface area contributed by atoms with E-state index in [2.05, 4.69) is 56.9 Å². The van der Waals surface area contributed by atoms with E-state index in [1.54, 1.807) is 12.4 Å². The number of aromatic nitrogens is 1. The number of nitrogens with zero attached hydrogens (tertiary/aromatic N) is 3. The van der Waals surface area contributed by atoms with Gasteiger partial charge in [-0.1, -0.05) is 30.3 Å². The molecular weight excluding hydrogens is 366 g/mol. The zero-order valence-electron chi connectivity index (χ0n) is 16.1. The van der Waals surface area contributed by atoms with Crippen LogP contribution in [0.1, 0.15) is 34.8 Å². The molecule has 4 nitrogen and oxygen atoms in total. The zero-order chi connectivity index (χ0) is 18.9. The highest BCUT2D eigenvalue weighted by atomic mass is 32.2. The van der Waals surface area contributed by atoms with E-state index in [-0.39, 0.29) is 11.9 Å². The molecule has 3 fully saturated rings. The molecule has 0 bridgehead atoms. The molecule has 2 aromatic rings. The van der Waals surface area contributed by atoms with Crippen LogP contribution in [0.5, 0.6) is 0 Å². The number of amides is 1. The molecule has 0 saturated carbocycles. The average molecular weight is 394 g/mol. The molecule has 5 heteroatoms. The predicted octanol–water partition coefficient (Wildman–Crippen LogP) is 3.72. The third-order valence-corrected chi connectivity index (χ3v) is 7.76. The molecule has 0 N–H and O–H groups in total. The van der Waals surface area contributed by atoms with Gasteiger partial charge in [0.15, 0.2) is 0 Å². The minimum atomic E-state index is 0.122. The summed E-state index contributed by atoms with van der Waals surface area (Å²) in [5, 5.41) is 0. The molecule has 0 unspecified atom stereocenters. The van der Waals surface area contributed by atoms with Crippen LogP contribution in [0.3, 0.4) is 0 Å². The second kappa shape index (κ2) is 7.88. The van der Waals surface area contributed by atoms with Gasteiger partial charge in [0.1, 0.15) is 0 Å². The molecule has 5 rings (SSSR count). The summed E-state index contributed by atoms with van der Waals surface area (Å²) < 4.78 is 0. The molecule has 3 aliphatic heterocycles. The van der Waals surface area contributed by atoms with E-state index in [1.165, 1.54) is 29.9 Å². The summed E-state index contributed by atoms with van der Waals surface area (Å²) in [4.78, 5) is 22.3. The Bertz CT molecular complexity index is 809. The molecule has 1 amide bonds. The maximum Gasteiger partial charge on any atom is 0.255 e. The van der Waals surface area contributed by atoms with E-state index in [9.17, 15) is 4.79 Å². The second-order valence-electron chi connectivity index (χ2n) is 8.28. The van der Waals surface area contributed by atoms with Crippen molar-refractivity contribution in [3.05, 3.63) is 66.0 Å². The van der Waals surface area contributed by atoms with Crippen molar-refractivity contribution in [2.75, 3.05) is 31.1 Å². The highest BCUT2D eigenvalue weighted by molar-refractivity contribution is 7.99. The number of benzene rings is 1. The quantitative estimate of drug-likeness (QED) is 0.796. The van der Waals surface area contributed by atoms with Gasteiger partial charge >= 0.3 is 0 Å². The van der Waals surface area contributed by atoms with E-state index >= 15 is 0 Å². The van der Waals surface area contributed by atoms with Crippen molar-refractivity contribution in [1.82, 2.24) is 14.8 Å². The van der Waals surface area contributed by atoms with Crippen molar-refractivity contribution in [3.8, 4) is 0 Å². The average Bonchev–Trinajstić information content (AvgIpc) is 3.33. The first-order valence-corrected chi connectivity index (χ1v) is 11.5. The Kier molecular flexibility index (Phi) is 5.12. The number of pyridine rings is 1. The minimum Gasteiger partial charge on any atom is -0.331 e. The fourth-order valence-corrected chi connectivity index (χ4v) is 6.45. The van der Waals surface area contributed by atoms with Crippen molar-refractivity contribution in [3.63, 3.8) is 0 Å². The molecule has 1 aromatic carbocycles. The fraction of sp³-hybridized carbons (Fsp3) is 0.478. The predicted molar refractivity (Wildman–Crippen MR) is 113 cm³/mol. The summed E-state index contributed by atoms with van der Waals surface area (Å²) in [6, 6.07) is 15.3. The summed E-state index contributed by atoms with van der Waals surface area (Å²) in [6.45, 7) is 3.12. The van der Waals surface area contributed by atoms with E-state index in [1.807, 2.05) is 12.1 Å². The molecule has 0 aliphatic carbocycles. The SMILES string of the molecule is O=C(c1cccnc1)N1C[C@@H]2CN(C3CCSCC3)C[C@@H]2[C@H]1c1ccccc1. The third-order valence-electron chi connectivity index (χ3n) is 6.71. The molecule has 0 spiro atoms. The van der Waals surface area contributed by atoms with Gasteiger partial charge in [-0.3, -0.25) is 14.7 Å². The first kappa shape index (κ1) is 18.2. The lowest BCUT2D eigenvalue weighted by Crippen LogP contribution is -2.40. The Morgan fingerprint density at radius 1 is 1.00 bits per heavy atom. The van der Waals surface area contributed by atoms with E-state index in [4.69, 9.17) is 0 Å². The van der Waals surface area contributed by atoms with Gasteiger partial charge in [-0.2, -0.15) is 11.8 Å². The van der Waals surface area contributed by atoms with Crippen LogP contribution in [-0.2, 0) is 0 Å². The summed E-state index contributed by atoms with van der Waals surface area (Å²) in [6.07, 6.45) is 6.06. The molecule has 3 atom stereocenters. The van der Waals surface area contributed by atoms with Crippen LogP contribution in [0.25, 0.3) is 0 Å². The summed E-state index contributed by atoms with van der Waals surface area (Å²) in [7, 11) is 0. The van der Waals surface area contributed by atoms with Gasteiger partial charge < -0.3 is 4.90 Å². The topological polar surface area (TPSA) is 36.4 Å². The Morgan fingerprint density at radius 3 is 2.57 bits per heavy atom. The summed E-state index contributed by atoms with van der Waals surface area (Å²) in [5.41, 5.74) is 1.97. The molecule has 146 valence electrons. The Morgan fingerprint density at radius 2 is 1.82 bits per heavy atom. The molecule has 28 heavy (non-hydrogen) atoms. The van der Waals surface area contributed by atoms with Gasteiger partial charge in [0.25, 0.3) is 5.91 Å². The van der Waals surface area contributed by atoms with Crippen LogP contribution in [0.4, 0.5) is 0 Å². The van der Waals surface area contributed by atoms with E-state index < -0.39 is 0 Å². The molecular formula is C23H27N3OS. The van der Waals surface area contributed by atoms with Crippen molar-refractivity contribution < 1.29 is 4.79 Å². The van der Waals surface area contributed by atoms with Gasteiger partial charge in [0.2, 0.25) is 0 Å². The minimum absolute atomic E-state index is 0.122. The lowest BCUT2D eigenvalue weighted by Gasteiger charge is -2.34. The summed E-state index contributed by atoms with van der Waals surface area (Å²) >= 11 is 2.09. The number of hydrogen-bond donors (Lipinski definition) is 0. The number of fused-ring (bicyclic) bond motifs is 1. The third kappa shape index (κ3) is 3.35. The van der Waals surface area contributed by atoms with Gasteiger partial charge in [0, 0.05) is 44.0 Å². The molecule has 1 aromatic heterocycles. The number of thioether (sulfide) groups is 1. The van der Waals surface area contributed by atoms with Crippen LogP contribution in [0.2, 0.25) is 0 Å². The van der Waals surface area contributed by atoms with Gasteiger partial charge in [0.05, 0.1) is 11.6 Å². The van der Waals surface area contributed by atoms with Gasteiger partial charge in [-0.25, -0.2) is 0 Å². The summed E-state index contributed by atoms with van der Waals surface area (Å²) in [5.74, 6) is 3.81. The van der Waals surface area contributed by atoms with Crippen LogP contribution in [0.15, 0.2) is 54.9 Å². The van der Waals surface area contributed by atoms with Gasteiger partial charge in [-0.15, -0.1) is 0 Å². The largest absolute Gasteiger partial charge is 0.331 e. The number of carbonyl (C=O) groups is 1. The highest BCUT2D eigenvalue weighted by Gasteiger charge is 2.50. The standard InChI is InChI=1S/C23H27N3OS/c27-23(18-7-4-10-24-13-18)26-15-19-14-25(20-8-11-28-12-9-20)16-21(19)22(26)17-5-2-1-3-6-17/h1-7,10,13,19-22H,8-9,11-12,14-16H2/t19-,21-,22+/m0/s1. The number of hydrogen-bond acceptors (Lipinski definition) is 4. The smallest absolute Gasteiger partial charge is 0.255 e. The fourth-order valence-electron chi connectivity index (χ4n) is 5.37. The Labute approximate surface area is 171 Å². The number of likely N-dealkylation sites (tertiary alicyclic amines) is 2. The lowest BCUT2D eigenvalue weighted by atomic mass is 9.89. The number of carbonyl (C=O) groups excluding carboxylic acids is 1. The van der Waals surface area contributed by atoms with Crippen LogP contribution in [-0.4, -0.2) is 57.9 Å². The number of rotatable bonds is 3. The first-order chi connectivity index (χ1) is 13.8. The van der Waals surface area contributed by atoms with Crippen molar-refractivity contribution >= 4 is 17.7 Å². The van der Waals surface area contributed by atoms with Crippen molar-refractivity contribution in [1.29, 1.82) is 0 Å². The lowest BCUT2D eigenvalue weighted by molar-refractivity contribution is 0.0691. The Hall–Kier alpha value is -1.85. The van der Waals surface area contributed by atoms with Crippen LogP contribution >= 0.6 is 11.8 Å². The monoisotopic (exact) mass is 393 g/mol. The zero-order valence-corrected chi connectivity index (χ0v) is 16.9. The maximum absolute atomic E-state index is 13.3. The normalized spacial score (nSPS) is 28.4. The van der Waals surface area contributed by atoms with E-state index in [0.29, 0.717) is 17.4 Å². The maximum atomic E-state index is 13.3. The molecule has 4 heterocycles. The second-order valence-corrected chi connectivity index (χ2v) is 9.50. The highest BCUT2D eigenvalue weighted by Crippen LogP contribution is 2.46. The van der Waals surface area contributed by atoms with Gasteiger partial charge in [-0.05, 0) is 48.0 Å². The molecule has 0 radical (unpaired) electrons. The Balaban J connectivity index is 1.42. The van der Waals surface area contributed by atoms with Crippen molar-refractivity contribution in [2.45, 2.75) is 24.9 Å². The molecule has 3 saturated heterocycles.